The Labute approximate surface area is 102 Å². The molecule has 4 rings (SSSR count). The molecule has 0 unspecified atom stereocenters. The van der Waals surface area contributed by atoms with E-state index in [1.54, 1.807) is 0 Å². The number of hydrogen-bond acceptors (Lipinski definition) is 2. The molecule has 0 aliphatic heterocycles. The lowest BCUT2D eigenvalue weighted by Gasteiger charge is -2.54. The van der Waals surface area contributed by atoms with Gasteiger partial charge in [0.2, 0.25) is 0 Å². The van der Waals surface area contributed by atoms with Crippen LogP contribution in [0.5, 0.6) is 0 Å². The van der Waals surface area contributed by atoms with E-state index in [1.165, 1.54) is 32.1 Å². The van der Waals surface area contributed by atoms with E-state index in [9.17, 15) is 0 Å². The van der Waals surface area contributed by atoms with Gasteiger partial charge < -0.3 is 5.32 Å². The van der Waals surface area contributed by atoms with Crippen LogP contribution in [-0.4, -0.2) is 11.0 Å². The number of rotatable bonds is 2. The average Bonchev–Trinajstić information content (AvgIpc) is 2.23. The van der Waals surface area contributed by atoms with Crippen molar-refractivity contribution >= 4 is 17.2 Å². The molecule has 0 aromatic heterocycles. The summed E-state index contributed by atoms with van der Waals surface area (Å²) in [6, 6.07) is 2.73. The van der Waals surface area contributed by atoms with Crippen molar-refractivity contribution in [1.82, 2.24) is 5.32 Å². The van der Waals surface area contributed by atoms with Crippen molar-refractivity contribution < 1.29 is 0 Å². The second kappa shape index (κ2) is 4.00. The monoisotopic (exact) mass is 234 g/mol. The largest absolute Gasteiger partial charge is 0.376 e. The Morgan fingerprint density at radius 3 is 2.19 bits per heavy atom. The maximum absolute atomic E-state index is 8.64. The number of nitriles is 1. The fourth-order valence-corrected chi connectivity index (χ4v) is 4.67. The van der Waals surface area contributed by atoms with Gasteiger partial charge in [-0.05, 0) is 55.8 Å². The molecule has 0 saturated heterocycles. The minimum Gasteiger partial charge on any atom is -0.376 e. The summed E-state index contributed by atoms with van der Waals surface area (Å²) in [4.78, 5) is 0.764. The third-order valence-electron chi connectivity index (χ3n) is 4.79. The predicted molar refractivity (Wildman–Crippen MR) is 66.8 cm³/mol. The van der Waals surface area contributed by atoms with Crippen molar-refractivity contribution in [2.75, 3.05) is 0 Å². The standard InChI is InChI=1S/C13H18N2S/c14-2-1-12(16)15-13-10-4-8-3-9(6-10)7-11(13)5-8/h8-11,13H,1,3-7H2,(H,15,16). The van der Waals surface area contributed by atoms with E-state index in [0.717, 1.165) is 28.7 Å². The third-order valence-corrected chi connectivity index (χ3v) is 5.06. The maximum atomic E-state index is 8.64. The molecule has 3 heteroatoms. The zero-order valence-corrected chi connectivity index (χ0v) is 10.3. The first-order valence-electron chi connectivity index (χ1n) is 6.42. The van der Waals surface area contributed by atoms with Crippen LogP contribution in [0.2, 0.25) is 0 Å². The molecule has 0 amide bonds. The first-order chi connectivity index (χ1) is 7.76. The lowest BCUT2D eigenvalue weighted by Crippen LogP contribution is -2.55. The van der Waals surface area contributed by atoms with Crippen LogP contribution in [0.4, 0.5) is 0 Å². The molecule has 86 valence electrons. The second-order valence-electron chi connectivity index (χ2n) is 5.86. The molecule has 4 bridgehead atoms. The molecule has 0 aromatic carbocycles. The Morgan fingerprint density at radius 2 is 1.69 bits per heavy atom. The molecule has 4 aliphatic rings. The van der Waals surface area contributed by atoms with Crippen molar-refractivity contribution in [3.8, 4) is 6.07 Å². The molecular formula is C13H18N2S. The van der Waals surface area contributed by atoms with Gasteiger partial charge in [-0.2, -0.15) is 5.26 Å². The third kappa shape index (κ3) is 1.73. The average molecular weight is 234 g/mol. The normalized spacial score (nSPS) is 44.1. The molecule has 2 nitrogen and oxygen atoms in total. The van der Waals surface area contributed by atoms with Gasteiger partial charge in [0.05, 0.1) is 17.5 Å². The Hall–Kier alpha value is -0.620. The first-order valence-corrected chi connectivity index (χ1v) is 6.83. The van der Waals surface area contributed by atoms with Crippen molar-refractivity contribution in [1.29, 1.82) is 5.26 Å². The van der Waals surface area contributed by atoms with E-state index >= 15 is 0 Å². The summed E-state index contributed by atoms with van der Waals surface area (Å²) < 4.78 is 0. The van der Waals surface area contributed by atoms with Crippen LogP contribution < -0.4 is 5.32 Å². The molecular weight excluding hydrogens is 216 g/mol. The van der Waals surface area contributed by atoms with Gasteiger partial charge >= 0.3 is 0 Å². The number of nitrogens with one attached hydrogen (secondary N) is 1. The Kier molecular flexibility index (Phi) is 2.63. The van der Waals surface area contributed by atoms with Gasteiger partial charge in [0, 0.05) is 6.04 Å². The topological polar surface area (TPSA) is 35.8 Å². The van der Waals surface area contributed by atoms with Gasteiger partial charge in [-0.1, -0.05) is 12.2 Å². The van der Waals surface area contributed by atoms with E-state index < -0.39 is 0 Å². The van der Waals surface area contributed by atoms with Crippen LogP contribution in [0.25, 0.3) is 0 Å². The van der Waals surface area contributed by atoms with Crippen LogP contribution in [-0.2, 0) is 0 Å². The van der Waals surface area contributed by atoms with Crippen LogP contribution in [0, 0.1) is 35.0 Å². The van der Waals surface area contributed by atoms with Gasteiger partial charge in [0.25, 0.3) is 0 Å². The van der Waals surface area contributed by atoms with Crippen LogP contribution in [0.3, 0.4) is 0 Å². The molecule has 16 heavy (non-hydrogen) atoms. The molecule has 1 N–H and O–H groups in total. The molecule has 0 radical (unpaired) electrons. The van der Waals surface area contributed by atoms with Crippen LogP contribution in [0.1, 0.15) is 38.5 Å². The Balaban J connectivity index is 1.68. The fraction of sp³-hybridized carbons (Fsp3) is 0.846. The minimum atomic E-state index is 0.387. The summed E-state index contributed by atoms with van der Waals surface area (Å²) >= 11 is 5.22. The zero-order valence-electron chi connectivity index (χ0n) is 9.48. The lowest BCUT2D eigenvalue weighted by molar-refractivity contribution is -0.00675. The summed E-state index contributed by atoms with van der Waals surface area (Å²) in [7, 11) is 0. The molecule has 4 fully saturated rings. The second-order valence-corrected chi connectivity index (χ2v) is 6.35. The van der Waals surface area contributed by atoms with Gasteiger partial charge in [0.15, 0.2) is 0 Å². The van der Waals surface area contributed by atoms with E-state index in [1.807, 2.05) is 0 Å². The Bertz CT molecular complexity index is 316. The van der Waals surface area contributed by atoms with E-state index in [2.05, 4.69) is 11.4 Å². The van der Waals surface area contributed by atoms with Crippen molar-refractivity contribution in [3.63, 3.8) is 0 Å². The maximum Gasteiger partial charge on any atom is 0.0898 e. The highest BCUT2D eigenvalue weighted by Gasteiger charge is 2.48. The van der Waals surface area contributed by atoms with E-state index in [0.29, 0.717) is 12.5 Å². The summed E-state index contributed by atoms with van der Waals surface area (Å²) in [5.41, 5.74) is 0. The summed E-state index contributed by atoms with van der Waals surface area (Å²) in [5.74, 6) is 3.69. The Morgan fingerprint density at radius 1 is 1.12 bits per heavy atom. The molecule has 0 atom stereocenters. The first kappa shape index (κ1) is 10.5. The molecule has 4 aliphatic carbocycles. The zero-order chi connectivity index (χ0) is 11.1. The molecule has 0 aromatic rings. The highest BCUT2D eigenvalue weighted by atomic mass is 32.1. The van der Waals surface area contributed by atoms with Crippen molar-refractivity contribution in [3.05, 3.63) is 0 Å². The fourth-order valence-electron chi connectivity index (χ4n) is 4.47. The van der Waals surface area contributed by atoms with Crippen molar-refractivity contribution in [2.45, 2.75) is 44.6 Å². The highest BCUT2D eigenvalue weighted by molar-refractivity contribution is 7.80. The summed E-state index contributed by atoms with van der Waals surface area (Å²) in [6.07, 6.45) is 7.49. The van der Waals surface area contributed by atoms with E-state index in [4.69, 9.17) is 17.5 Å². The van der Waals surface area contributed by atoms with Crippen LogP contribution in [0.15, 0.2) is 0 Å². The van der Waals surface area contributed by atoms with E-state index in [-0.39, 0.29) is 0 Å². The quantitative estimate of drug-likeness (QED) is 0.746. The van der Waals surface area contributed by atoms with Gasteiger partial charge in [-0.25, -0.2) is 0 Å². The van der Waals surface area contributed by atoms with Gasteiger partial charge in [-0.3, -0.25) is 0 Å². The highest BCUT2D eigenvalue weighted by Crippen LogP contribution is 2.53. The minimum absolute atomic E-state index is 0.387. The summed E-state index contributed by atoms with van der Waals surface area (Å²) in [5, 5.41) is 12.1. The number of hydrogen-bond donors (Lipinski definition) is 1. The molecule has 0 heterocycles. The predicted octanol–water partition coefficient (Wildman–Crippen LogP) is 2.64. The van der Waals surface area contributed by atoms with Crippen molar-refractivity contribution in [2.24, 2.45) is 23.7 Å². The molecule has 0 spiro atoms. The smallest absolute Gasteiger partial charge is 0.0898 e. The SMILES string of the molecule is N#CCC(=S)NC1C2CC3CC(C2)CC1C3. The van der Waals surface area contributed by atoms with Crippen LogP contribution >= 0.6 is 12.2 Å². The molecule has 4 saturated carbocycles. The lowest BCUT2D eigenvalue weighted by atomic mass is 9.54. The van der Waals surface area contributed by atoms with Gasteiger partial charge in [-0.15, -0.1) is 0 Å². The van der Waals surface area contributed by atoms with Gasteiger partial charge in [0.1, 0.15) is 0 Å². The number of nitrogens with zero attached hydrogens (tertiary/aromatic N) is 1. The summed E-state index contributed by atoms with van der Waals surface area (Å²) in [6.45, 7) is 0. The number of thiocarbonyl (C=S) groups is 1.